The molecule has 3 rings (SSSR count). The van der Waals surface area contributed by atoms with Gasteiger partial charge in [-0.25, -0.2) is 9.78 Å². The van der Waals surface area contributed by atoms with Crippen molar-refractivity contribution in [1.82, 2.24) is 4.98 Å². The van der Waals surface area contributed by atoms with Crippen molar-refractivity contribution in [2.45, 2.75) is 13.5 Å². The molecule has 3 aromatic rings. The number of anilines is 2. The fraction of sp³-hybridized carbons (Fsp3) is 0.150. The summed E-state index contributed by atoms with van der Waals surface area (Å²) in [6.07, 6.45) is 3.08. The molecule has 0 unspecified atom stereocenters. The third-order valence-electron chi connectivity index (χ3n) is 3.69. The van der Waals surface area contributed by atoms with Crippen LogP contribution in [-0.2, 0) is 20.9 Å². The lowest BCUT2D eigenvalue weighted by atomic mass is 10.2. The van der Waals surface area contributed by atoms with Gasteiger partial charge in [0, 0.05) is 18.4 Å². The summed E-state index contributed by atoms with van der Waals surface area (Å²) in [6.45, 7) is 1.49. The number of rotatable bonds is 7. The first-order valence-corrected chi connectivity index (χ1v) is 10.2. The zero-order valence-corrected chi connectivity index (χ0v) is 17.0. The highest BCUT2D eigenvalue weighted by atomic mass is 32.1. The van der Waals surface area contributed by atoms with Crippen LogP contribution in [0.3, 0.4) is 0 Å². The van der Waals surface area contributed by atoms with E-state index in [9.17, 15) is 9.59 Å². The zero-order valence-electron chi connectivity index (χ0n) is 15.3. The number of benzene rings is 1. The van der Waals surface area contributed by atoms with E-state index in [1.807, 2.05) is 29.0 Å². The van der Waals surface area contributed by atoms with Gasteiger partial charge in [-0.3, -0.25) is 9.69 Å². The van der Waals surface area contributed by atoms with Crippen molar-refractivity contribution in [3.05, 3.63) is 63.8 Å². The van der Waals surface area contributed by atoms with Crippen molar-refractivity contribution in [2.24, 2.45) is 0 Å². The Bertz CT molecular complexity index is 980. The minimum Gasteiger partial charge on any atom is -0.495 e. The molecule has 2 aromatic heterocycles. The van der Waals surface area contributed by atoms with Crippen LogP contribution >= 0.6 is 22.7 Å². The van der Waals surface area contributed by atoms with Crippen molar-refractivity contribution in [2.75, 3.05) is 12.0 Å². The van der Waals surface area contributed by atoms with Gasteiger partial charge in [-0.2, -0.15) is 11.3 Å². The second-order valence-corrected chi connectivity index (χ2v) is 7.26. The van der Waals surface area contributed by atoms with Crippen molar-refractivity contribution >= 4 is 51.4 Å². The van der Waals surface area contributed by atoms with E-state index in [0.29, 0.717) is 22.3 Å². The van der Waals surface area contributed by atoms with Crippen LogP contribution in [0.5, 0.6) is 5.75 Å². The van der Waals surface area contributed by atoms with Crippen LogP contribution in [0.15, 0.2) is 52.5 Å². The molecule has 8 heteroatoms. The number of carbonyl (C=O) groups excluding carboxylic acids is 2. The van der Waals surface area contributed by atoms with Gasteiger partial charge >= 0.3 is 5.97 Å². The summed E-state index contributed by atoms with van der Waals surface area (Å²) in [5, 5.41) is 6.11. The third-order valence-corrected chi connectivity index (χ3v) is 5.27. The summed E-state index contributed by atoms with van der Waals surface area (Å²) >= 11 is 2.85. The summed E-state index contributed by atoms with van der Waals surface area (Å²) in [5.74, 6) is -0.0746. The maximum absolute atomic E-state index is 12.2. The van der Waals surface area contributed by atoms with Gasteiger partial charge in [0.05, 0.1) is 18.5 Å². The number of hydrogen-bond donors (Lipinski definition) is 0. The molecule has 0 aliphatic carbocycles. The summed E-state index contributed by atoms with van der Waals surface area (Å²) in [5.41, 5.74) is 2.12. The minimum absolute atomic E-state index is 0.0287. The lowest BCUT2D eigenvalue weighted by molar-refractivity contribution is -0.139. The first-order chi connectivity index (χ1) is 13.6. The minimum atomic E-state index is -0.450. The molecule has 0 saturated carbocycles. The predicted molar refractivity (Wildman–Crippen MR) is 111 cm³/mol. The molecule has 2 heterocycles. The largest absolute Gasteiger partial charge is 0.495 e. The molecule has 0 spiro atoms. The van der Waals surface area contributed by atoms with Gasteiger partial charge in [-0.15, -0.1) is 11.3 Å². The maximum Gasteiger partial charge on any atom is 0.331 e. The van der Waals surface area contributed by atoms with Gasteiger partial charge in [0.2, 0.25) is 5.91 Å². The fourth-order valence-electron chi connectivity index (χ4n) is 2.41. The summed E-state index contributed by atoms with van der Waals surface area (Å²) in [6, 6.07) is 9.13. The van der Waals surface area contributed by atoms with Crippen LogP contribution in [0, 0.1) is 0 Å². The molecule has 0 radical (unpaired) electrons. The first kappa shape index (κ1) is 19.8. The molecule has 0 N–H and O–H groups in total. The number of nitrogens with zero attached hydrogens (tertiary/aromatic N) is 2. The van der Waals surface area contributed by atoms with Crippen LogP contribution in [0.2, 0.25) is 0 Å². The van der Waals surface area contributed by atoms with Gasteiger partial charge in [0.1, 0.15) is 12.4 Å². The number of thiophene rings is 1. The zero-order chi connectivity index (χ0) is 19.9. The smallest absolute Gasteiger partial charge is 0.331 e. The Morgan fingerprint density at radius 3 is 2.75 bits per heavy atom. The highest BCUT2D eigenvalue weighted by Gasteiger charge is 2.21. The van der Waals surface area contributed by atoms with Crippen LogP contribution in [0.25, 0.3) is 6.08 Å². The number of para-hydroxylation sites is 2. The number of ether oxygens (including phenoxy) is 2. The Morgan fingerprint density at radius 1 is 1.21 bits per heavy atom. The van der Waals surface area contributed by atoms with E-state index in [1.54, 1.807) is 42.0 Å². The normalized spacial score (nSPS) is 10.8. The van der Waals surface area contributed by atoms with Gasteiger partial charge in [-0.1, -0.05) is 12.1 Å². The van der Waals surface area contributed by atoms with E-state index >= 15 is 0 Å². The second kappa shape index (κ2) is 9.29. The number of esters is 1. The van der Waals surface area contributed by atoms with Crippen molar-refractivity contribution in [3.63, 3.8) is 0 Å². The second-order valence-electron chi connectivity index (χ2n) is 5.65. The monoisotopic (exact) mass is 414 g/mol. The SMILES string of the molecule is COc1ccccc1N(C(C)=O)c1nc(COC(=O)/C=C/c2ccsc2)cs1. The lowest BCUT2D eigenvalue weighted by Crippen LogP contribution is -2.23. The topological polar surface area (TPSA) is 68.7 Å². The molecule has 1 aromatic carbocycles. The van der Waals surface area contributed by atoms with Gasteiger partial charge in [-0.05, 0) is 40.6 Å². The summed E-state index contributed by atoms with van der Waals surface area (Å²) in [4.78, 5) is 30.0. The molecule has 28 heavy (non-hydrogen) atoms. The van der Waals surface area contributed by atoms with Gasteiger partial charge in [0.25, 0.3) is 0 Å². The Hall–Kier alpha value is -2.97. The van der Waals surface area contributed by atoms with Gasteiger partial charge < -0.3 is 9.47 Å². The van der Waals surface area contributed by atoms with Crippen LogP contribution < -0.4 is 9.64 Å². The number of hydrogen-bond acceptors (Lipinski definition) is 7. The molecular formula is C20H18N2O4S2. The standard InChI is InChI=1S/C20H18N2O4S2/c1-14(23)22(17-5-3-4-6-18(17)25-2)20-21-16(13-28-20)11-26-19(24)8-7-15-9-10-27-12-15/h3-10,12-13H,11H2,1-2H3/b8-7+. The summed E-state index contributed by atoms with van der Waals surface area (Å²) in [7, 11) is 1.55. The molecule has 6 nitrogen and oxygen atoms in total. The summed E-state index contributed by atoms with van der Waals surface area (Å²) < 4.78 is 10.6. The number of amides is 1. The average Bonchev–Trinajstić information content (AvgIpc) is 3.37. The quantitative estimate of drug-likeness (QED) is 0.416. The Balaban J connectivity index is 1.69. The highest BCUT2D eigenvalue weighted by Crippen LogP contribution is 2.35. The van der Waals surface area contributed by atoms with E-state index in [-0.39, 0.29) is 12.5 Å². The van der Waals surface area contributed by atoms with Crippen LogP contribution in [0.1, 0.15) is 18.2 Å². The molecule has 0 bridgehead atoms. The number of aromatic nitrogens is 1. The lowest BCUT2D eigenvalue weighted by Gasteiger charge is -2.20. The molecule has 0 saturated heterocycles. The van der Waals surface area contributed by atoms with Crippen molar-refractivity contribution < 1.29 is 19.1 Å². The Morgan fingerprint density at radius 2 is 2.04 bits per heavy atom. The number of carbonyl (C=O) groups is 2. The van der Waals surface area contributed by atoms with Gasteiger partial charge in [0.15, 0.2) is 5.13 Å². The molecule has 0 aliphatic heterocycles. The number of methoxy groups -OCH3 is 1. The Labute approximate surface area is 170 Å². The molecule has 0 fully saturated rings. The van der Waals surface area contributed by atoms with E-state index < -0.39 is 5.97 Å². The predicted octanol–water partition coefficient (Wildman–Crippen LogP) is 4.65. The van der Waals surface area contributed by atoms with Crippen LogP contribution in [-0.4, -0.2) is 24.0 Å². The van der Waals surface area contributed by atoms with E-state index in [2.05, 4.69) is 4.98 Å². The van der Waals surface area contributed by atoms with Crippen molar-refractivity contribution in [3.8, 4) is 5.75 Å². The Kier molecular flexibility index (Phi) is 6.57. The first-order valence-electron chi connectivity index (χ1n) is 8.33. The molecule has 0 aliphatic rings. The van der Waals surface area contributed by atoms with E-state index in [4.69, 9.17) is 9.47 Å². The average molecular weight is 415 g/mol. The fourth-order valence-corrected chi connectivity index (χ4v) is 3.91. The van der Waals surface area contributed by atoms with Crippen molar-refractivity contribution in [1.29, 1.82) is 0 Å². The molecule has 0 atom stereocenters. The third kappa shape index (κ3) is 4.85. The van der Waals surface area contributed by atoms with E-state index in [1.165, 1.54) is 29.2 Å². The molecule has 1 amide bonds. The molecular weight excluding hydrogens is 396 g/mol. The number of thiazole rings is 1. The molecule has 144 valence electrons. The highest BCUT2D eigenvalue weighted by molar-refractivity contribution is 7.14. The van der Waals surface area contributed by atoms with E-state index in [0.717, 1.165) is 5.56 Å². The van der Waals surface area contributed by atoms with Crippen LogP contribution in [0.4, 0.5) is 10.8 Å². The maximum atomic E-state index is 12.2.